The van der Waals surface area contributed by atoms with Gasteiger partial charge in [-0.05, 0) is 44.0 Å². The Morgan fingerprint density at radius 2 is 2.04 bits per heavy atom. The third-order valence-electron chi connectivity index (χ3n) is 3.65. The molecule has 0 radical (unpaired) electrons. The minimum absolute atomic E-state index is 0.118. The maximum absolute atomic E-state index is 12.3. The smallest absolute Gasteiger partial charge is 0.244 e. The van der Waals surface area contributed by atoms with E-state index in [4.69, 9.17) is 0 Å². The molecule has 130 valence electrons. The number of carbonyl (C=O) groups excluding carboxylic acids is 1. The van der Waals surface area contributed by atoms with Crippen molar-refractivity contribution in [3.63, 3.8) is 0 Å². The molecule has 2 N–H and O–H groups in total. The first-order valence-corrected chi connectivity index (χ1v) is 9.13. The second-order valence-corrected chi connectivity index (χ2v) is 7.36. The van der Waals surface area contributed by atoms with Crippen molar-refractivity contribution < 1.29 is 13.2 Å². The standard InChI is InChI=1S/C16H22N4O3S/c1-12-5-6-13(2)15(11-12)24(22,23)19-9-8-17-16(21)14(3)20-10-4-7-18-20/h4-7,10-11,14,19H,8-9H2,1-3H3,(H,17,21). The molecule has 0 saturated heterocycles. The Bertz CT molecular complexity index is 801. The van der Waals surface area contributed by atoms with Crippen LogP contribution >= 0.6 is 0 Å². The quantitative estimate of drug-likeness (QED) is 0.733. The number of amides is 1. The fraction of sp³-hybridized carbons (Fsp3) is 0.375. The Labute approximate surface area is 142 Å². The van der Waals surface area contributed by atoms with Crippen LogP contribution in [-0.4, -0.2) is 37.2 Å². The normalized spacial score (nSPS) is 12.8. The predicted octanol–water partition coefficient (Wildman–Crippen LogP) is 1.16. The van der Waals surface area contributed by atoms with E-state index in [1.807, 2.05) is 13.0 Å². The van der Waals surface area contributed by atoms with Gasteiger partial charge in [0.15, 0.2) is 0 Å². The summed E-state index contributed by atoms with van der Waals surface area (Å²) in [7, 11) is -3.59. The number of aromatic nitrogens is 2. The Morgan fingerprint density at radius 3 is 2.71 bits per heavy atom. The van der Waals surface area contributed by atoms with Crippen molar-refractivity contribution in [2.45, 2.75) is 31.7 Å². The van der Waals surface area contributed by atoms with Crippen molar-refractivity contribution in [3.8, 4) is 0 Å². The molecule has 2 rings (SSSR count). The summed E-state index contributed by atoms with van der Waals surface area (Å²) in [5, 5.41) is 6.70. The van der Waals surface area contributed by atoms with Gasteiger partial charge in [0.1, 0.15) is 6.04 Å². The second-order valence-electron chi connectivity index (χ2n) is 5.62. The molecular formula is C16H22N4O3S. The number of aryl methyl sites for hydroxylation is 2. The largest absolute Gasteiger partial charge is 0.353 e. The highest BCUT2D eigenvalue weighted by molar-refractivity contribution is 7.89. The van der Waals surface area contributed by atoms with Gasteiger partial charge in [-0.15, -0.1) is 0 Å². The van der Waals surface area contributed by atoms with Crippen LogP contribution in [0.2, 0.25) is 0 Å². The molecule has 0 fully saturated rings. The molecule has 1 unspecified atom stereocenters. The van der Waals surface area contributed by atoms with Gasteiger partial charge in [-0.3, -0.25) is 9.48 Å². The highest BCUT2D eigenvalue weighted by atomic mass is 32.2. The van der Waals surface area contributed by atoms with Crippen LogP contribution in [0, 0.1) is 13.8 Å². The summed E-state index contributed by atoms with van der Waals surface area (Å²) in [6.07, 6.45) is 3.30. The zero-order valence-corrected chi connectivity index (χ0v) is 14.8. The summed E-state index contributed by atoms with van der Waals surface area (Å²) in [4.78, 5) is 12.2. The number of benzene rings is 1. The maximum Gasteiger partial charge on any atom is 0.244 e. The lowest BCUT2D eigenvalue weighted by atomic mass is 10.2. The Balaban J connectivity index is 1.87. The highest BCUT2D eigenvalue weighted by Crippen LogP contribution is 2.16. The van der Waals surface area contributed by atoms with Crippen LogP contribution in [0.25, 0.3) is 0 Å². The van der Waals surface area contributed by atoms with Gasteiger partial charge >= 0.3 is 0 Å². The van der Waals surface area contributed by atoms with Crippen LogP contribution < -0.4 is 10.0 Å². The Morgan fingerprint density at radius 1 is 1.29 bits per heavy atom. The number of hydrogen-bond donors (Lipinski definition) is 2. The summed E-state index contributed by atoms with van der Waals surface area (Å²) in [5.41, 5.74) is 1.56. The second kappa shape index (κ2) is 7.59. The molecule has 0 bridgehead atoms. The number of nitrogens with zero attached hydrogens (tertiary/aromatic N) is 2. The molecule has 0 saturated carbocycles. The molecule has 0 aliphatic heterocycles. The Kier molecular flexibility index (Phi) is 5.74. The first-order valence-electron chi connectivity index (χ1n) is 7.65. The molecule has 0 aliphatic carbocycles. The summed E-state index contributed by atoms with van der Waals surface area (Å²) < 4.78 is 28.7. The van der Waals surface area contributed by atoms with E-state index in [1.54, 1.807) is 44.4 Å². The SMILES string of the molecule is Cc1ccc(C)c(S(=O)(=O)NCCNC(=O)C(C)n2cccn2)c1. The minimum atomic E-state index is -3.59. The Hall–Kier alpha value is -2.19. The van der Waals surface area contributed by atoms with Crippen molar-refractivity contribution in [1.29, 1.82) is 0 Å². The third-order valence-corrected chi connectivity index (χ3v) is 5.25. The van der Waals surface area contributed by atoms with Gasteiger partial charge in [-0.25, -0.2) is 13.1 Å². The molecule has 7 nitrogen and oxygen atoms in total. The molecule has 1 amide bonds. The van der Waals surface area contributed by atoms with Crippen LogP contribution in [0.4, 0.5) is 0 Å². The van der Waals surface area contributed by atoms with Crippen molar-refractivity contribution >= 4 is 15.9 Å². The van der Waals surface area contributed by atoms with E-state index in [0.29, 0.717) is 5.56 Å². The molecule has 0 spiro atoms. The van der Waals surface area contributed by atoms with E-state index >= 15 is 0 Å². The van der Waals surface area contributed by atoms with Crippen LogP contribution in [-0.2, 0) is 14.8 Å². The van der Waals surface area contributed by atoms with Crippen LogP contribution in [0.5, 0.6) is 0 Å². The lowest BCUT2D eigenvalue weighted by molar-refractivity contribution is -0.124. The van der Waals surface area contributed by atoms with E-state index in [-0.39, 0.29) is 23.9 Å². The molecule has 1 heterocycles. The molecule has 1 aromatic heterocycles. The average molecular weight is 350 g/mol. The fourth-order valence-corrected chi connectivity index (χ4v) is 3.58. The van der Waals surface area contributed by atoms with Crippen molar-refractivity contribution in [2.24, 2.45) is 0 Å². The molecule has 8 heteroatoms. The van der Waals surface area contributed by atoms with Gasteiger partial charge in [-0.1, -0.05) is 12.1 Å². The van der Waals surface area contributed by atoms with E-state index < -0.39 is 16.1 Å². The molecule has 1 atom stereocenters. The fourth-order valence-electron chi connectivity index (χ4n) is 2.22. The van der Waals surface area contributed by atoms with Gasteiger partial charge in [0.2, 0.25) is 15.9 Å². The molecule has 0 aliphatic rings. The monoisotopic (exact) mass is 350 g/mol. The number of nitrogens with one attached hydrogen (secondary N) is 2. The number of sulfonamides is 1. The summed E-state index contributed by atoms with van der Waals surface area (Å²) in [6, 6.07) is 6.57. The van der Waals surface area contributed by atoms with Crippen molar-refractivity contribution in [1.82, 2.24) is 19.8 Å². The molecular weight excluding hydrogens is 328 g/mol. The van der Waals surface area contributed by atoms with Gasteiger partial charge in [-0.2, -0.15) is 5.10 Å². The van der Waals surface area contributed by atoms with E-state index in [1.165, 1.54) is 4.68 Å². The first-order chi connectivity index (χ1) is 11.3. The van der Waals surface area contributed by atoms with E-state index in [9.17, 15) is 13.2 Å². The van der Waals surface area contributed by atoms with Crippen LogP contribution in [0.1, 0.15) is 24.1 Å². The maximum atomic E-state index is 12.3. The number of hydrogen-bond acceptors (Lipinski definition) is 4. The average Bonchev–Trinajstić information content (AvgIpc) is 3.07. The summed E-state index contributed by atoms with van der Waals surface area (Å²) >= 11 is 0. The molecule has 1 aromatic carbocycles. The van der Waals surface area contributed by atoms with Crippen molar-refractivity contribution in [3.05, 3.63) is 47.8 Å². The van der Waals surface area contributed by atoms with Gasteiger partial charge in [0.25, 0.3) is 0 Å². The van der Waals surface area contributed by atoms with E-state index in [2.05, 4.69) is 15.1 Å². The lowest BCUT2D eigenvalue weighted by Crippen LogP contribution is -2.37. The van der Waals surface area contributed by atoms with Crippen LogP contribution in [0.15, 0.2) is 41.6 Å². The summed E-state index contributed by atoms with van der Waals surface area (Å²) in [5.74, 6) is -0.218. The number of rotatable bonds is 7. The highest BCUT2D eigenvalue weighted by Gasteiger charge is 2.17. The minimum Gasteiger partial charge on any atom is -0.353 e. The summed E-state index contributed by atoms with van der Waals surface area (Å²) in [6.45, 7) is 5.64. The van der Waals surface area contributed by atoms with Gasteiger partial charge in [0, 0.05) is 25.5 Å². The molecule has 2 aromatic rings. The topological polar surface area (TPSA) is 93.1 Å². The van der Waals surface area contributed by atoms with Gasteiger partial charge in [0.05, 0.1) is 4.90 Å². The predicted molar refractivity (Wildman–Crippen MR) is 91.1 cm³/mol. The lowest BCUT2D eigenvalue weighted by Gasteiger charge is -2.13. The first kappa shape index (κ1) is 18.2. The van der Waals surface area contributed by atoms with E-state index in [0.717, 1.165) is 5.56 Å². The number of carbonyl (C=O) groups is 1. The zero-order chi connectivity index (χ0) is 17.7. The zero-order valence-electron chi connectivity index (χ0n) is 14.0. The van der Waals surface area contributed by atoms with Gasteiger partial charge < -0.3 is 5.32 Å². The van der Waals surface area contributed by atoms with Crippen LogP contribution in [0.3, 0.4) is 0 Å². The van der Waals surface area contributed by atoms with Crippen molar-refractivity contribution in [2.75, 3.05) is 13.1 Å². The molecule has 24 heavy (non-hydrogen) atoms. The third kappa shape index (κ3) is 4.42.